The maximum absolute atomic E-state index is 11.0. The summed E-state index contributed by atoms with van der Waals surface area (Å²) in [5.41, 5.74) is 7.62. The lowest BCUT2D eigenvalue weighted by atomic mass is 10.1. The van der Waals surface area contributed by atoms with E-state index in [-0.39, 0.29) is 6.04 Å². The lowest BCUT2D eigenvalue weighted by Crippen LogP contribution is -2.53. The van der Waals surface area contributed by atoms with Gasteiger partial charge in [0.1, 0.15) is 0 Å². The topological polar surface area (TPSA) is 69.8 Å². The molecule has 1 atom stereocenters. The van der Waals surface area contributed by atoms with Gasteiger partial charge in [-0.1, -0.05) is 12.1 Å². The molecule has 0 aromatic heterocycles. The first kappa shape index (κ1) is 12.7. The van der Waals surface area contributed by atoms with Gasteiger partial charge in [0.15, 0.2) is 0 Å². The Morgan fingerprint density at radius 3 is 2.61 bits per heavy atom. The van der Waals surface area contributed by atoms with Crippen LogP contribution in [0.25, 0.3) is 0 Å². The van der Waals surface area contributed by atoms with Crippen LogP contribution in [0.4, 0.5) is 10.5 Å². The van der Waals surface area contributed by atoms with Crippen molar-refractivity contribution in [1.29, 1.82) is 0 Å². The zero-order chi connectivity index (χ0) is 13.1. The monoisotopic (exact) mass is 249 g/mol. The van der Waals surface area contributed by atoms with Crippen LogP contribution in [0.15, 0.2) is 24.3 Å². The van der Waals surface area contributed by atoms with Crippen molar-refractivity contribution in [2.45, 2.75) is 19.5 Å². The Labute approximate surface area is 107 Å². The molecule has 5 nitrogen and oxygen atoms in total. The van der Waals surface area contributed by atoms with E-state index < -0.39 is 6.09 Å². The number of nitrogen functional groups attached to an aromatic ring is 1. The maximum atomic E-state index is 11.0. The standard InChI is InChI=1S/C13H19N3O2/c1-10-8-15(6-7-16(10)13(17)18)9-11-2-4-12(14)5-3-11/h2-5,10H,6-9,14H2,1H3,(H,17,18). The van der Waals surface area contributed by atoms with Crippen LogP contribution >= 0.6 is 0 Å². The lowest BCUT2D eigenvalue weighted by Gasteiger charge is -2.38. The average Bonchev–Trinajstić information content (AvgIpc) is 2.32. The Balaban J connectivity index is 1.93. The zero-order valence-electron chi connectivity index (χ0n) is 10.5. The molecule has 1 aliphatic heterocycles. The normalized spacial score (nSPS) is 20.9. The van der Waals surface area contributed by atoms with E-state index in [4.69, 9.17) is 10.8 Å². The second-order valence-corrected chi connectivity index (χ2v) is 4.80. The first-order valence-electron chi connectivity index (χ1n) is 6.12. The number of piperazine rings is 1. The Hall–Kier alpha value is -1.75. The van der Waals surface area contributed by atoms with Crippen molar-refractivity contribution >= 4 is 11.8 Å². The number of hydrogen-bond acceptors (Lipinski definition) is 3. The van der Waals surface area contributed by atoms with E-state index in [1.807, 2.05) is 31.2 Å². The highest BCUT2D eigenvalue weighted by atomic mass is 16.4. The number of carboxylic acid groups (broad SMARTS) is 1. The molecule has 5 heteroatoms. The Morgan fingerprint density at radius 1 is 1.39 bits per heavy atom. The number of benzene rings is 1. The molecule has 1 aromatic rings. The van der Waals surface area contributed by atoms with Crippen LogP contribution in [0.1, 0.15) is 12.5 Å². The molecule has 1 heterocycles. The minimum atomic E-state index is -0.824. The van der Waals surface area contributed by atoms with E-state index in [1.165, 1.54) is 10.5 Å². The van der Waals surface area contributed by atoms with Gasteiger partial charge in [0, 0.05) is 37.9 Å². The highest BCUT2D eigenvalue weighted by Gasteiger charge is 2.26. The van der Waals surface area contributed by atoms with Crippen molar-refractivity contribution < 1.29 is 9.90 Å². The third-order valence-electron chi connectivity index (χ3n) is 3.34. The summed E-state index contributed by atoms with van der Waals surface area (Å²) >= 11 is 0. The Bertz CT molecular complexity index is 419. The average molecular weight is 249 g/mol. The van der Waals surface area contributed by atoms with E-state index in [0.29, 0.717) is 6.54 Å². The number of anilines is 1. The molecular weight excluding hydrogens is 230 g/mol. The summed E-state index contributed by atoms with van der Waals surface area (Å²) in [4.78, 5) is 14.7. The summed E-state index contributed by atoms with van der Waals surface area (Å²) in [5, 5.41) is 9.01. The second kappa shape index (κ2) is 5.27. The highest BCUT2D eigenvalue weighted by molar-refractivity contribution is 5.65. The van der Waals surface area contributed by atoms with Crippen LogP contribution in [-0.2, 0) is 6.54 Å². The van der Waals surface area contributed by atoms with Gasteiger partial charge in [-0.3, -0.25) is 4.90 Å². The number of nitrogens with two attached hydrogens (primary N) is 1. The fourth-order valence-electron chi connectivity index (χ4n) is 2.34. The molecule has 0 saturated carbocycles. The van der Waals surface area contributed by atoms with Crippen LogP contribution in [0.2, 0.25) is 0 Å². The molecule has 1 aromatic carbocycles. The fourth-order valence-corrected chi connectivity index (χ4v) is 2.34. The van der Waals surface area contributed by atoms with Gasteiger partial charge in [0.2, 0.25) is 0 Å². The molecule has 1 amide bonds. The van der Waals surface area contributed by atoms with Gasteiger partial charge in [-0.2, -0.15) is 0 Å². The lowest BCUT2D eigenvalue weighted by molar-refractivity contribution is 0.0711. The van der Waals surface area contributed by atoms with Gasteiger partial charge < -0.3 is 15.7 Å². The number of nitrogens with zero attached hydrogens (tertiary/aromatic N) is 2. The van der Waals surface area contributed by atoms with Crippen LogP contribution in [0.3, 0.4) is 0 Å². The predicted octanol–water partition coefficient (Wildman–Crippen LogP) is 1.45. The molecule has 2 rings (SSSR count). The van der Waals surface area contributed by atoms with Gasteiger partial charge in [-0.05, 0) is 24.6 Å². The minimum absolute atomic E-state index is 0.0463. The fraction of sp³-hybridized carbons (Fsp3) is 0.462. The summed E-state index contributed by atoms with van der Waals surface area (Å²) in [6.07, 6.45) is -0.824. The molecule has 0 bridgehead atoms. The smallest absolute Gasteiger partial charge is 0.407 e. The molecule has 1 unspecified atom stereocenters. The molecule has 1 saturated heterocycles. The van der Waals surface area contributed by atoms with Crippen LogP contribution < -0.4 is 5.73 Å². The van der Waals surface area contributed by atoms with Crippen molar-refractivity contribution in [2.24, 2.45) is 0 Å². The summed E-state index contributed by atoms with van der Waals surface area (Å²) in [6, 6.07) is 7.87. The molecule has 18 heavy (non-hydrogen) atoms. The first-order chi connectivity index (χ1) is 8.56. The quantitative estimate of drug-likeness (QED) is 0.778. The number of hydrogen-bond donors (Lipinski definition) is 2. The van der Waals surface area contributed by atoms with Crippen molar-refractivity contribution in [2.75, 3.05) is 25.4 Å². The molecule has 1 aliphatic rings. The predicted molar refractivity (Wildman–Crippen MR) is 70.3 cm³/mol. The van der Waals surface area contributed by atoms with E-state index in [1.54, 1.807) is 0 Å². The number of rotatable bonds is 2. The molecule has 0 radical (unpaired) electrons. The summed E-state index contributed by atoms with van der Waals surface area (Å²) in [5.74, 6) is 0. The third kappa shape index (κ3) is 2.92. The van der Waals surface area contributed by atoms with Crippen LogP contribution in [0.5, 0.6) is 0 Å². The van der Waals surface area contributed by atoms with Gasteiger partial charge in [-0.25, -0.2) is 4.79 Å². The molecule has 3 N–H and O–H groups in total. The SMILES string of the molecule is CC1CN(Cc2ccc(N)cc2)CCN1C(=O)O. The van der Waals surface area contributed by atoms with Crippen LogP contribution in [-0.4, -0.2) is 46.7 Å². The molecule has 98 valence electrons. The largest absolute Gasteiger partial charge is 0.465 e. The molecule has 0 spiro atoms. The zero-order valence-corrected chi connectivity index (χ0v) is 10.5. The summed E-state index contributed by atoms with van der Waals surface area (Å²) < 4.78 is 0. The molecular formula is C13H19N3O2. The van der Waals surface area contributed by atoms with Gasteiger partial charge in [0.05, 0.1) is 0 Å². The van der Waals surface area contributed by atoms with E-state index in [2.05, 4.69) is 4.90 Å². The summed E-state index contributed by atoms with van der Waals surface area (Å²) in [6.45, 7) is 4.92. The minimum Gasteiger partial charge on any atom is -0.465 e. The number of carbonyl (C=O) groups is 1. The maximum Gasteiger partial charge on any atom is 0.407 e. The Morgan fingerprint density at radius 2 is 2.06 bits per heavy atom. The van der Waals surface area contributed by atoms with Gasteiger partial charge in [-0.15, -0.1) is 0 Å². The van der Waals surface area contributed by atoms with Gasteiger partial charge in [0.25, 0.3) is 0 Å². The van der Waals surface area contributed by atoms with E-state index in [0.717, 1.165) is 25.3 Å². The summed E-state index contributed by atoms with van der Waals surface area (Å²) in [7, 11) is 0. The van der Waals surface area contributed by atoms with Crippen LogP contribution in [0, 0.1) is 0 Å². The highest BCUT2D eigenvalue weighted by Crippen LogP contribution is 2.14. The Kier molecular flexibility index (Phi) is 3.72. The third-order valence-corrected chi connectivity index (χ3v) is 3.34. The van der Waals surface area contributed by atoms with Crippen molar-refractivity contribution in [3.63, 3.8) is 0 Å². The first-order valence-corrected chi connectivity index (χ1v) is 6.12. The molecule has 1 fully saturated rings. The van der Waals surface area contributed by atoms with Crippen molar-refractivity contribution in [3.05, 3.63) is 29.8 Å². The van der Waals surface area contributed by atoms with Gasteiger partial charge >= 0.3 is 6.09 Å². The van der Waals surface area contributed by atoms with Crippen molar-refractivity contribution in [3.8, 4) is 0 Å². The number of amides is 1. The molecule has 0 aliphatic carbocycles. The van der Waals surface area contributed by atoms with E-state index in [9.17, 15) is 4.79 Å². The van der Waals surface area contributed by atoms with Crippen molar-refractivity contribution in [1.82, 2.24) is 9.80 Å². The van der Waals surface area contributed by atoms with E-state index >= 15 is 0 Å². The second-order valence-electron chi connectivity index (χ2n) is 4.80.